The Morgan fingerprint density at radius 1 is 1.04 bits per heavy atom. The van der Waals surface area contributed by atoms with Gasteiger partial charge in [-0.25, -0.2) is 9.97 Å². The van der Waals surface area contributed by atoms with Crippen LogP contribution in [-0.4, -0.2) is 48.1 Å². The van der Waals surface area contributed by atoms with Gasteiger partial charge in [-0.05, 0) is 31.7 Å². The third-order valence-electron chi connectivity index (χ3n) is 4.58. The Morgan fingerprint density at radius 3 is 2.46 bits per heavy atom. The van der Waals surface area contributed by atoms with Crippen molar-refractivity contribution in [3.8, 4) is 11.1 Å². The van der Waals surface area contributed by atoms with Crippen LogP contribution in [0.1, 0.15) is 4.88 Å². The van der Waals surface area contributed by atoms with E-state index < -0.39 is 0 Å². The fourth-order valence-electron chi connectivity index (χ4n) is 3.25. The SMILES string of the molecule is Cc1sc2ncnc(N3CCN(C)CC3)c2c1-c1ccc(Cl)cc1. The number of hydrogen-bond donors (Lipinski definition) is 0. The Morgan fingerprint density at radius 2 is 1.75 bits per heavy atom. The summed E-state index contributed by atoms with van der Waals surface area (Å²) in [5.41, 5.74) is 2.41. The lowest BCUT2D eigenvalue weighted by atomic mass is 10.0. The molecule has 1 aliphatic heterocycles. The maximum absolute atomic E-state index is 6.06. The number of aromatic nitrogens is 2. The molecule has 1 aromatic carbocycles. The van der Waals surface area contributed by atoms with Crippen LogP contribution in [0.25, 0.3) is 21.3 Å². The van der Waals surface area contributed by atoms with E-state index in [1.165, 1.54) is 21.4 Å². The minimum atomic E-state index is 0.756. The quantitative estimate of drug-likeness (QED) is 0.691. The molecule has 1 aliphatic rings. The van der Waals surface area contributed by atoms with Crippen LogP contribution in [0, 0.1) is 6.92 Å². The lowest BCUT2D eigenvalue weighted by Gasteiger charge is -2.33. The zero-order valence-electron chi connectivity index (χ0n) is 13.8. The highest BCUT2D eigenvalue weighted by Gasteiger charge is 2.22. The molecule has 24 heavy (non-hydrogen) atoms. The first kappa shape index (κ1) is 15.8. The number of hydrogen-bond acceptors (Lipinski definition) is 5. The van der Waals surface area contributed by atoms with E-state index in [2.05, 4.69) is 45.9 Å². The largest absolute Gasteiger partial charge is 0.353 e. The second kappa shape index (κ2) is 6.31. The van der Waals surface area contributed by atoms with Crippen LogP contribution in [0.15, 0.2) is 30.6 Å². The van der Waals surface area contributed by atoms with E-state index in [-0.39, 0.29) is 0 Å². The molecule has 0 amide bonds. The van der Waals surface area contributed by atoms with E-state index in [9.17, 15) is 0 Å². The summed E-state index contributed by atoms with van der Waals surface area (Å²) < 4.78 is 0. The Bertz CT molecular complexity index is 867. The number of anilines is 1. The molecule has 0 radical (unpaired) electrons. The fraction of sp³-hybridized carbons (Fsp3) is 0.333. The highest BCUT2D eigenvalue weighted by molar-refractivity contribution is 7.19. The van der Waals surface area contributed by atoms with Crippen molar-refractivity contribution in [2.24, 2.45) is 0 Å². The van der Waals surface area contributed by atoms with E-state index in [4.69, 9.17) is 11.6 Å². The molecule has 2 aromatic heterocycles. The first-order valence-corrected chi connectivity index (χ1v) is 9.26. The number of nitrogens with zero attached hydrogens (tertiary/aromatic N) is 4. The van der Waals surface area contributed by atoms with Crippen molar-refractivity contribution in [3.63, 3.8) is 0 Å². The molecular formula is C18H19ClN4S. The molecule has 3 heterocycles. The fourth-order valence-corrected chi connectivity index (χ4v) is 4.38. The summed E-state index contributed by atoms with van der Waals surface area (Å²) in [6, 6.07) is 8.05. The number of halogens is 1. The van der Waals surface area contributed by atoms with Crippen LogP contribution in [0.5, 0.6) is 0 Å². The van der Waals surface area contributed by atoms with Gasteiger partial charge in [0.1, 0.15) is 17.0 Å². The predicted molar refractivity (Wildman–Crippen MR) is 102 cm³/mol. The van der Waals surface area contributed by atoms with Crippen LogP contribution in [0.4, 0.5) is 5.82 Å². The van der Waals surface area contributed by atoms with Crippen molar-refractivity contribution in [1.29, 1.82) is 0 Å². The van der Waals surface area contributed by atoms with Gasteiger partial charge in [0.25, 0.3) is 0 Å². The zero-order valence-corrected chi connectivity index (χ0v) is 15.4. The molecule has 0 atom stereocenters. The number of benzene rings is 1. The summed E-state index contributed by atoms with van der Waals surface area (Å²) in [5.74, 6) is 1.06. The molecule has 3 aromatic rings. The number of fused-ring (bicyclic) bond motifs is 1. The van der Waals surface area contributed by atoms with Gasteiger partial charge in [0.05, 0.1) is 5.39 Å². The summed E-state index contributed by atoms with van der Waals surface area (Å²) in [4.78, 5) is 16.2. The molecule has 1 fully saturated rings. The van der Waals surface area contributed by atoms with Crippen molar-refractivity contribution in [2.75, 3.05) is 38.1 Å². The zero-order chi connectivity index (χ0) is 16.7. The average molecular weight is 359 g/mol. The number of likely N-dealkylation sites (N-methyl/N-ethyl adjacent to an activating group) is 1. The van der Waals surface area contributed by atoms with Gasteiger partial charge < -0.3 is 9.80 Å². The van der Waals surface area contributed by atoms with Gasteiger partial charge in [0, 0.05) is 41.6 Å². The Kier molecular flexibility index (Phi) is 4.16. The number of thiophene rings is 1. The third kappa shape index (κ3) is 2.77. The maximum Gasteiger partial charge on any atom is 0.141 e. The maximum atomic E-state index is 6.06. The molecule has 4 nitrogen and oxygen atoms in total. The standard InChI is InChI=1S/C18H19ClN4S/c1-12-15(13-3-5-14(19)6-4-13)16-17(20-11-21-18(16)24-12)23-9-7-22(2)8-10-23/h3-6,11H,7-10H2,1-2H3. The van der Waals surface area contributed by atoms with Crippen molar-refractivity contribution in [1.82, 2.24) is 14.9 Å². The Balaban J connectivity index is 1.88. The lowest BCUT2D eigenvalue weighted by molar-refractivity contribution is 0.312. The van der Waals surface area contributed by atoms with Crippen LogP contribution in [0.2, 0.25) is 5.02 Å². The molecule has 124 valence electrons. The topological polar surface area (TPSA) is 32.3 Å². The second-order valence-corrected chi connectivity index (χ2v) is 7.85. The molecule has 0 saturated carbocycles. The van der Waals surface area contributed by atoms with E-state index in [0.717, 1.165) is 41.8 Å². The van der Waals surface area contributed by atoms with Gasteiger partial charge in [0.2, 0.25) is 0 Å². The number of rotatable bonds is 2. The minimum absolute atomic E-state index is 0.756. The van der Waals surface area contributed by atoms with Gasteiger partial charge >= 0.3 is 0 Å². The van der Waals surface area contributed by atoms with Crippen LogP contribution < -0.4 is 4.90 Å². The van der Waals surface area contributed by atoms with Crippen molar-refractivity contribution in [3.05, 3.63) is 40.5 Å². The lowest BCUT2D eigenvalue weighted by Crippen LogP contribution is -2.44. The smallest absolute Gasteiger partial charge is 0.141 e. The third-order valence-corrected chi connectivity index (χ3v) is 5.85. The van der Waals surface area contributed by atoms with E-state index in [0.29, 0.717) is 0 Å². The van der Waals surface area contributed by atoms with E-state index >= 15 is 0 Å². The molecule has 1 saturated heterocycles. The van der Waals surface area contributed by atoms with Gasteiger partial charge in [-0.1, -0.05) is 23.7 Å². The second-order valence-electron chi connectivity index (χ2n) is 6.21. The van der Waals surface area contributed by atoms with Crippen LogP contribution in [0.3, 0.4) is 0 Å². The molecule has 0 unspecified atom stereocenters. The summed E-state index contributed by atoms with van der Waals surface area (Å²) in [6.07, 6.45) is 1.69. The monoisotopic (exact) mass is 358 g/mol. The van der Waals surface area contributed by atoms with Crippen molar-refractivity contribution >= 4 is 39.0 Å². The normalized spacial score (nSPS) is 16.0. The number of aryl methyl sites for hydroxylation is 1. The molecular weight excluding hydrogens is 340 g/mol. The molecule has 0 N–H and O–H groups in total. The Labute approximate surface area is 150 Å². The van der Waals surface area contributed by atoms with Gasteiger partial charge in [0.15, 0.2) is 0 Å². The summed E-state index contributed by atoms with van der Waals surface area (Å²) in [7, 11) is 2.17. The van der Waals surface area contributed by atoms with E-state index in [1.54, 1.807) is 17.7 Å². The van der Waals surface area contributed by atoms with E-state index in [1.807, 2.05) is 12.1 Å². The minimum Gasteiger partial charge on any atom is -0.353 e. The first-order chi connectivity index (χ1) is 11.6. The molecule has 0 spiro atoms. The molecule has 6 heteroatoms. The first-order valence-electron chi connectivity index (χ1n) is 8.07. The van der Waals surface area contributed by atoms with Gasteiger partial charge in [-0.3, -0.25) is 0 Å². The summed E-state index contributed by atoms with van der Waals surface area (Å²) in [6.45, 7) is 6.27. The highest BCUT2D eigenvalue weighted by atomic mass is 35.5. The Hall–Kier alpha value is -1.69. The molecule has 0 aliphatic carbocycles. The van der Waals surface area contributed by atoms with Gasteiger partial charge in [-0.2, -0.15) is 0 Å². The summed E-state index contributed by atoms with van der Waals surface area (Å²) in [5, 5.41) is 1.93. The average Bonchev–Trinajstić information content (AvgIpc) is 2.92. The number of piperazine rings is 1. The predicted octanol–water partition coefficient (Wildman–Crippen LogP) is 4.07. The van der Waals surface area contributed by atoms with Crippen LogP contribution >= 0.6 is 22.9 Å². The summed E-state index contributed by atoms with van der Waals surface area (Å²) >= 11 is 7.80. The molecule has 0 bridgehead atoms. The van der Waals surface area contributed by atoms with Crippen molar-refractivity contribution < 1.29 is 0 Å². The van der Waals surface area contributed by atoms with Gasteiger partial charge in [-0.15, -0.1) is 11.3 Å². The highest BCUT2D eigenvalue weighted by Crippen LogP contribution is 2.41. The molecule has 4 rings (SSSR count). The van der Waals surface area contributed by atoms with Crippen LogP contribution in [-0.2, 0) is 0 Å². The van der Waals surface area contributed by atoms with Crippen molar-refractivity contribution in [2.45, 2.75) is 6.92 Å².